The average molecular weight is 291 g/mol. The molecule has 2 saturated carbocycles. The molecule has 2 aliphatic rings. The van der Waals surface area contributed by atoms with Gasteiger partial charge in [-0.3, -0.25) is 0 Å². The summed E-state index contributed by atoms with van der Waals surface area (Å²) < 4.78 is 6.50. The van der Waals surface area contributed by atoms with Crippen molar-refractivity contribution < 1.29 is 4.74 Å². The minimum atomic E-state index is 0.124. The highest BCUT2D eigenvalue weighted by Crippen LogP contribution is 2.42. The molecule has 21 heavy (non-hydrogen) atoms. The van der Waals surface area contributed by atoms with Gasteiger partial charge >= 0.3 is 0 Å². The third-order valence-electron chi connectivity index (χ3n) is 5.48. The maximum atomic E-state index is 9.43. The van der Waals surface area contributed by atoms with Crippen LogP contribution in [-0.4, -0.2) is 12.2 Å². The van der Waals surface area contributed by atoms with Crippen LogP contribution in [0.5, 0.6) is 0 Å². The molecule has 0 aliphatic heterocycles. The van der Waals surface area contributed by atoms with Gasteiger partial charge in [-0.1, -0.05) is 40.5 Å². The third-order valence-corrected chi connectivity index (χ3v) is 5.48. The van der Waals surface area contributed by atoms with Crippen molar-refractivity contribution >= 4 is 0 Å². The van der Waals surface area contributed by atoms with Gasteiger partial charge < -0.3 is 4.74 Å². The van der Waals surface area contributed by atoms with Crippen molar-refractivity contribution in [3.63, 3.8) is 0 Å². The van der Waals surface area contributed by atoms with Gasteiger partial charge in [-0.15, -0.1) is 0 Å². The second-order valence-electron chi connectivity index (χ2n) is 8.41. The van der Waals surface area contributed by atoms with Crippen LogP contribution in [-0.2, 0) is 4.74 Å². The van der Waals surface area contributed by atoms with Gasteiger partial charge in [0.05, 0.1) is 24.2 Å². The minimum absolute atomic E-state index is 0.124. The predicted molar refractivity (Wildman–Crippen MR) is 86.8 cm³/mol. The number of nitrogens with zero attached hydrogens (tertiary/aromatic N) is 1. The topological polar surface area (TPSA) is 33.0 Å². The molecule has 0 saturated heterocycles. The fourth-order valence-electron chi connectivity index (χ4n) is 4.79. The van der Waals surface area contributed by atoms with Crippen molar-refractivity contribution in [1.29, 1.82) is 5.26 Å². The monoisotopic (exact) mass is 291 g/mol. The Hall–Kier alpha value is -0.550. The van der Waals surface area contributed by atoms with Gasteiger partial charge in [0.15, 0.2) is 0 Å². The van der Waals surface area contributed by atoms with Crippen LogP contribution < -0.4 is 0 Å². The van der Waals surface area contributed by atoms with E-state index in [0.717, 1.165) is 31.1 Å². The van der Waals surface area contributed by atoms with Crippen LogP contribution in [0.4, 0.5) is 0 Å². The number of nitriles is 1. The SMILES string of the molecule is CCCC1CCC(C#N)C(OC2CC(C)CC(C)(C)C2)C1. The minimum Gasteiger partial charge on any atom is -0.374 e. The summed E-state index contributed by atoms with van der Waals surface area (Å²) in [6.45, 7) is 9.33. The summed E-state index contributed by atoms with van der Waals surface area (Å²) in [5.74, 6) is 1.64. The van der Waals surface area contributed by atoms with Gasteiger partial charge in [0.1, 0.15) is 0 Å². The zero-order chi connectivity index (χ0) is 15.5. The molecule has 5 atom stereocenters. The first-order chi connectivity index (χ1) is 9.93. The van der Waals surface area contributed by atoms with Gasteiger partial charge in [-0.2, -0.15) is 5.26 Å². The van der Waals surface area contributed by atoms with Crippen molar-refractivity contribution in [2.75, 3.05) is 0 Å². The molecule has 0 N–H and O–H groups in total. The Morgan fingerprint density at radius 1 is 1.19 bits per heavy atom. The number of hydrogen-bond acceptors (Lipinski definition) is 2. The molecule has 0 radical (unpaired) electrons. The van der Waals surface area contributed by atoms with Crippen molar-refractivity contribution in [3.8, 4) is 6.07 Å². The van der Waals surface area contributed by atoms with Crippen molar-refractivity contribution in [2.24, 2.45) is 23.2 Å². The molecule has 2 rings (SSSR count). The summed E-state index contributed by atoms with van der Waals surface area (Å²) in [5, 5.41) is 9.43. The molecule has 0 aromatic heterocycles. The van der Waals surface area contributed by atoms with Gasteiger partial charge in [-0.25, -0.2) is 0 Å². The standard InChI is InChI=1S/C19H33NO/c1-5-6-15-7-8-16(13-20)18(10-15)21-17-9-14(2)11-19(3,4)12-17/h14-18H,5-12H2,1-4H3. The Morgan fingerprint density at radius 3 is 2.57 bits per heavy atom. The Labute approximate surface area is 131 Å². The highest BCUT2D eigenvalue weighted by Gasteiger charge is 2.37. The van der Waals surface area contributed by atoms with E-state index in [4.69, 9.17) is 4.74 Å². The second-order valence-corrected chi connectivity index (χ2v) is 8.41. The van der Waals surface area contributed by atoms with Crippen molar-refractivity contribution in [2.45, 2.75) is 91.3 Å². The van der Waals surface area contributed by atoms with E-state index in [2.05, 4.69) is 33.8 Å². The quantitative estimate of drug-likeness (QED) is 0.701. The lowest BCUT2D eigenvalue weighted by atomic mass is 9.71. The van der Waals surface area contributed by atoms with E-state index in [1.54, 1.807) is 0 Å². The van der Waals surface area contributed by atoms with E-state index in [9.17, 15) is 5.26 Å². The van der Waals surface area contributed by atoms with Gasteiger partial charge in [0.25, 0.3) is 0 Å². The highest BCUT2D eigenvalue weighted by molar-refractivity contribution is 4.95. The molecule has 0 aromatic rings. The molecule has 0 amide bonds. The Kier molecular flexibility index (Phi) is 5.72. The predicted octanol–water partition coefficient (Wildman–Crippen LogP) is 5.33. The van der Waals surface area contributed by atoms with E-state index >= 15 is 0 Å². The molecule has 2 heteroatoms. The molecule has 2 aliphatic carbocycles. The molecule has 120 valence electrons. The summed E-state index contributed by atoms with van der Waals surface area (Å²) in [4.78, 5) is 0. The zero-order valence-corrected chi connectivity index (χ0v) is 14.4. The highest BCUT2D eigenvalue weighted by atomic mass is 16.5. The maximum absolute atomic E-state index is 9.43. The smallest absolute Gasteiger partial charge is 0.0739 e. The van der Waals surface area contributed by atoms with Crippen molar-refractivity contribution in [3.05, 3.63) is 0 Å². The van der Waals surface area contributed by atoms with Crippen LogP contribution in [0.2, 0.25) is 0 Å². The number of hydrogen-bond donors (Lipinski definition) is 0. The van der Waals surface area contributed by atoms with E-state index in [0.29, 0.717) is 11.5 Å². The number of ether oxygens (including phenoxy) is 1. The summed E-state index contributed by atoms with van der Waals surface area (Å²) in [7, 11) is 0. The normalized spacial score (nSPS) is 39.7. The van der Waals surface area contributed by atoms with E-state index in [1.165, 1.54) is 32.1 Å². The number of rotatable bonds is 4. The van der Waals surface area contributed by atoms with E-state index in [-0.39, 0.29) is 12.0 Å². The Morgan fingerprint density at radius 2 is 1.95 bits per heavy atom. The second kappa shape index (κ2) is 7.14. The molecule has 0 spiro atoms. The fourth-order valence-corrected chi connectivity index (χ4v) is 4.79. The fraction of sp³-hybridized carbons (Fsp3) is 0.947. The van der Waals surface area contributed by atoms with E-state index in [1.807, 2.05) is 0 Å². The average Bonchev–Trinajstić information content (AvgIpc) is 2.37. The maximum Gasteiger partial charge on any atom is 0.0739 e. The molecular formula is C19H33NO. The first-order valence-corrected chi connectivity index (χ1v) is 8.98. The molecule has 0 bridgehead atoms. The molecule has 0 heterocycles. The van der Waals surface area contributed by atoms with Gasteiger partial charge in [-0.05, 0) is 55.8 Å². The third kappa shape index (κ3) is 4.71. The summed E-state index contributed by atoms with van der Waals surface area (Å²) in [6, 6.07) is 2.51. The molecule has 2 nitrogen and oxygen atoms in total. The Balaban J connectivity index is 1.96. The van der Waals surface area contributed by atoms with Crippen LogP contribution in [0, 0.1) is 34.5 Å². The molecule has 5 unspecified atom stereocenters. The van der Waals surface area contributed by atoms with Crippen molar-refractivity contribution in [1.82, 2.24) is 0 Å². The molecular weight excluding hydrogens is 258 g/mol. The zero-order valence-electron chi connectivity index (χ0n) is 14.4. The molecule has 2 fully saturated rings. The largest absolute Gasteiger partial charge is 0.374 e. The Bertz CT molecular complexity index is 370. The lowest BCUT2D eigenvalue weighted by molar-refractivity contribution is -0.0962. The van der Waals surface area contributed by atoms with Gasteiger partial charge in [0.2, 0.25) is 0 Å². The molecule has 0 aromatic carbocycles. The lowest BCUT2D eigenvalue weighted by Gasteiger charge is -2.42. The first-order valence-electron chi connectivity index (χ1n) is 8.98. The summed E-state index contributed by atoms with van der Waals surface area (Å²) in [5.41, 5.74) is 0.391. The van der Waals surface area contributed by atoms with Crippen LogP contribution in [0.3, 0.4) is 0 Å². The summed E-state index contributed by atoms with van der Waals surface area (Å²) in [6.07, 6.45) is 10.1. The van der Waals surface area contributed by atoms with Crippen LogP contribution in [0.15, 0.2) is 0 Å². The first kappa shape index (κ1) is 16.8. The van der Waals surface area contributed by atoms with Crippen LogP contribution >= 0.6 is 0 Å². The summed E-state index contributed by atoms with van der Waals surface area (Å²) >= 11 is 0. The van der Waals surface area contributed by atoms with Crippen LogP contribution in [0.25, 0.3) is 0 Å². The van der Waals surface area contributed by atoms with Crippen LogP contribution in [0.1, 0.15) is 79.1 Å². The van der Waals surface area contributed by atoms with E-state index < -0.39 is 0 Å². The van der Waals surface area contributed by atoms with Gasteiger partial charge in [0, 0.05) is 0 Å². The lowest BCUT2D eigenvalue weighted by Crippen LogP contribution is -2.39.